The van der Waals surface area contributed by atoms with E-state index in [4.69, 9.17) is 21.1 Å². The Labute approximate surface area is 138 Å². The average molecular weight is 328 g/mol. The van der Waals surface area contributed by atoms with E-state index in [1.165, 1.54) is 0 Å². The largest absolute Gasteiger partial charge is 0.389 e. The minimum absolute atomic E-state index is 0.221. The summed E-state index contributed by atoms with van der Waals surface area (Å²) in [7, 11) is 0. The summed E-state index contributed by atoms with van der Waals surface area (Å²) in [6, 6.07) is 7.74. The van der Waals surface area contributed by atoms with Gasteiger partial charge in [-0.05, 0) is 43.5 Å². The number of nitrogens with zero attached hydrogens (tertiary/aromatic N) is 1. The molecule has 124 valence electrons. The van der Waals surface area contributed by atoms with Crippen molar-refractivity contribution in [2.24, 2.45) is 0 Å². The number of halogens is 1. The van der Waals surface area contributed by atoms with E-state index in [1.54, 1.807) is 0 Å². The Kier molecular flexibility index (Phi) is 7.46. The van der Waals surface area contributed by atoms with Gasteiger partial charge in [0.05, 0.1) is 18.8 Å². The molecule has 5 heteroatoms. The molecule has 0 saturated carbocycles. The van der Waals surface area contributed by atoms with Crippen LogP contribution in [0.25, 0.3) is 0 Å². The maximum Gasteiger partial charge on any atom is 0.0948 e. The highest BCUT2D eigenvalue weighted by molar-refractivity contribution is 6.30. The van der Waals surface area contributed by atoms with Crippen LogP contribution in [0.2, 0.25) is 5.02 Å². The van der Waals surface area contributed by atoms with Crippen molar-refractivity contribution in [2.75, 3.05) is 37.8 Å². The molecule has 2 rings (SSSR count). The topological polar surface area (TPSA) is 41.9 Å². The van der Waals surface area contributed by atoms with E-state index in [0.717, 1.165) is 49.7 Å². The summed E-state index contributed by atoms with van der Waals surface area (Å²) in [4.78, 5) is 2.17. The van der Waals surface area contributed by atoms with Gasteiger partial charge < -0.3 is 19.5 Å². The molecule has 4 nitrogen and oxygen atoms in total. The van der Waals surface area contributed by atoms with Crippen molar-refractivity contribution < 1.29 is 14.6 Å². The first kappa shape index (κ1) is 17.5. The van der Waals surface area contributed by atoms with Crippen LogP contribution in [0.3, 0.4) is 0 Å². The molecule has 1 heterocycles. The molecule has 0 radical (unpaired) electrons. The molecule has 1 fully saturated rings. The van der Waals surface area contributed by atoms with Gasteiger partial charge in [0.2, 0.25) is 0 Å². The molecule has 0 bridgehead atoms. The molecule has 1 atom stereocenters. The van der Waals surface area contributed by atoms with Crippen molar-refractivity contribution in [3.8, 4) is 0 Å². The predicted octanol–water partition coefficient (Wildman–Crippen LogP) is 3.11. The standard InChI is InChI=1S/C17H26ClNO3/c1-2-9-19(15-5-3-14(18)4-6-15)12-16(20)13-22-17-7-10-21-11-8-17/h3-6,16-17,20H,2,7-13H2,1H3. The molecule has 0 spiro atoms. The highest BCUT2D eigenvalue weighted by atomic mass is 35.5. The summed E-state index contributed by atoms with van der Waals surface area (Å²) in [6.07, 6.45) is 2.59. The van der Waals surface area contributed by atoms with Crippen molar-refractivity contribution in [3.05, 3.63) is 29.3 Å². The summed E-state index contributed by atoms with van der Waals surface area (Å²) in [5.74, 6) is 0. The minimum atomic E-state index is -0.495. The number of hydrogen-bond acceptors (Lipinski definition) is 4. The number of rotatable bonds is 8. The van der Waals surface area contributed by atoms with Gasteiger partial charge in [-0.2, -0.15) is 0 Å². The van der Waals surface area contributed by atoms with Gasteiger partial charge in [-0.15, -0.1) is 0 Å². The molecule has 1 aromatic carbocycles. The fraction of sp³-hybridized carbons (Fsp3) is 0.647. The lowest BCUT2D eigenvalue weighted by atomic mass is 10.1. The lowest BCUT2D eigenvalue weighted by Gasteiger charge is -2.28. The van der Waals surface area contributed by atoms with Crippen LogP contribution in [0.15, 0.2) is 24.3 Å². The zero-order chi connectivity index (χ0) is 15.8. The van der Waals surface area contributed by atoms with Gasteiger partial charge in [-0.3, -0.25) is 0 Å². The highest BCUT2D eigenvalue weighted by Crippen LogP contribution is 2.19. The van der Waals surface area contributed by atoms with Gasteiger partial charge in [0.15, 0.2) is 0 Å². The second-order valence-corrected chi connectivity index (χ2v) is 6.16. The predicted molar refractivity (Wildman–Crippen MR) is 89.8 cm³/mol. The first-order valence-corrected chi connectivity index (χ1v) is 8.44. The van der Waals surface area contributed by atoms with E-state index < -0.39 is 6.10 Å². The Bertz CT molecular complexity index is 420. The molecular weight excluding hydrogens is 302 g/mol. The summed E-state index contributed by atoms with van der Waals surface area (Å²) < 4.78 is 11.1. The summed E-state index contributed by atoms with van der Waals surface area (Å²) in [5, 5.41) is 11.0. The second-order valence-electron chi connectivity index (χ2n) is 5.72. The SMILES string of the molecule is CCCN(CC(O)COC1CCOCC1)c1ccc(Cl)cc1. The van der Waals surface area contributed by atoms with Crippen LogP contribution in [0, 0.1) is 0 Å². The molecule has 22 heavy (non-hydrogen) atoms. The Morgan fingerprint density at radius 2 is 2.00 bits per heavy atom. The van der Waals surface area contributed by atoms with Crippen LogP contribution in [0.5, 0.6) is 0 Å². The summed E-state index contributed by atoms with van der Waals surface area (Å²) in [5.41, 5.74) is 1.08. The zero-order valence-electron chi connectivity index (χ0n) is 13.2. The number of ether oxygens (including phenoxy) is 2. The third-order valence-electron chi connectivity index (χ3n) is 3.81. The summed E-state index contributed by atoms with van der Waals surface area (Å²) in [6.45, 7) is 5.49. The monoisotopic (exact) mass is 327 g/mol. The normalized spacial score (nSPS) is 17.4. The molecule has 1 saturated heterocycles. The second kappa shape index (κ2) is 9.36. The van der Waals surface area contributed by atoms with Gasteiger partial charge in [0.25, 0.3) is 0 Å². The van der Waals surface area contributed by atoms with E-state index >= 15 is 0 Å². The molecular formula is C17H26ClNO3. The number of hydrogen-bond donors (Lipinski definition) is 1. The maximum atomic E-state index is 10.3. The van der Waals surface area contributed by atoms with Crippen molar-refractivity contribution >= 4 is 17.3 Å². The Balaban J connectivity index is 1.82. The highest BCUT2D eigenvalue weighted by Gasteiger charge is 2.17. The van der Waals surface area contributed by atoms with E-state index in [1.807, 2.05) is 24.3 Å². The Morgan fingerprint density at radius 3 is 2.64 bits per heavy atom. The average Bonchev–Trinajstić information content (AvgIpc) is 2.54. The van der Waals surface area contributed by atoms with Gasteiger partial charge in [-0.25, -0.2) is 0 Å². The lowest BCUT2D eigenvalue weighted by Crippen LogP contribution is -2.37. The molecule has 1 unspecified atom stereocenters. The third kappa shape index (κ3) is 5.76. The van der Waals surface area contributed by atoms with Crippen molar-refractivity contribution in [2.45, 2.75) is 38.4 Å². The summed E-state index contributed by atoms with van der Waals surface area (Å²) >= 11 is 5.94. The van der Waals surface area contributed by atoms with Crippen LogP contribution in [0.4, 0.5) is 5.69 Å². The zero-order valence-corrected chi connectivity index (χ0v) is 14.0. The maximum absolute atomic E-state index is 10.3. The van der Waals surface area contributed by atoms with Crippen LogP contribution in [-0.2, 0) is 9.47 Å². The van der Waals surface area contributed by atoms with Crippen LogP contribution in [-0.4, -0.2) is 50.2 Å². The molecule has 1 aromatic rings. The molecule has 0 amide bonds. The van der Waals surface area contributed by atoms with Crippen LogP contribution < -0.4 is 4.90 Å². The van der Waals surface area contributed by atoms with Gasteiger partial charge in [0.1, 0.15) is 0 Å². The lowest BCUT2D eigenvalue weighted by molar-refractivity contribution is -0.0575. The number of anilines is 1. The first-order chi connectivity index (χ1) is 10.7. The number of benzene rings is 1. The van der Waals surface area contributed by atoms with Crippen LogP contribution >= 0.6 is 11.6 Å². The Hall–Kier alpha value is -0.810. The molecule has 1 aliphatic heterocycles. The molecule has 0 aliphatic carbocycles. The quantitative estimate of drug-likeness (QED) is 0.796. The van der Waals surface area contributed by atoms with Crippen molar-refractivity contribution in [1.82, 2.24) is 0 Å². The van der Waals surface area contributed by atoms with Gasteiger partial charge >= 0.3 is 0 Å². The fourth-order valence-corrected chi connectivity index (χ4v) is 2.77. The van der Waals surface area contributed by atoms with Gasteiger partial charge in [-0.1, -0.05) is 18.5 Å². The molecule has 0 aromatic heterocycles. The van der Waals surface area contributed by atoms with Crippen molar-refractivity contribution in [3.63, 3.8) is 0 Å². The number of aliphatic hydroxyl groups excluding tert-OH is 1. The smallest absolute Gasteiger partial charge is 0.0948 e. The third-order valence-corrected chi connectivity index (χ3v) is 4.06. The van der Waals surface area contributed by atoms with E-state index in [2.05, 4.69) is 11.8 Å². The van der Waals surface area contributed by atoms with Crippen molar-refractivity contribution in [1.29, 1.82) is 0 Å². The minimum Gasteiger partial charge on any atom is -0.389 e. The first-order valence-electron chi connectivity index (χ1n) is 8.07. The molecule has 1 aliphatic rings. The Morgan fingerprint density at radius 1 is 1.32 bits per heavy atom. The van der Waals surface area contributed by atoms with E-state index in [0.29, 0.717) is 13.2 Å². The fourth-order valence-electron chi connectivity index (χ4n) is 2.64. The van der Waals surface area contributed by atoms with E-state index in [9.17, 15) is 5.11 Å². The van der Waals surface area contributed by atoms with Crippen LogP contribution in [0.1, 0.15) is 26.2 Å². The van der Waals surface area contributed by atoms with E-state index in [-0.39, 0.29) is 6.10 Å². The number of aliphatic hydroxyl groups is 1. The molecule has 1 N–H and O–H groups in total. The van der Waals surface area contributed by atoms with Gasteiger partial charge in [0, 0.05) is 37.0 Å².